The Kier molecular flexibility index (Phi) is 6.98. The van der Waals surface area contributed by atoms with E-state index in [2.05, 4.69) is 15.0 Å². The first-order valence-corrected chi connectivity index (χ1v) is 10.4. The Balaban J connectivity index is 1.89. The molecule has 0 spiro atoms. The maximum absolute atomic E-state index is 13.2. The Morgan fingerprint density at radius 3 is 2.31 bits per heavy atom. The maximum Gasteiger partial charge on any atom is 0.307 e. The van der Waals surface area contributed by atoms with Gasteiger partial charge in [-0.2, -0.15) is 0 Å². The van der Waals surface area contributed by atoms with Crippen LogP contribution in [-0.2, 0) is 14.3 Å². The summed E-state index contributed by atoms with van der Waals surface area (Å²) in [7, 11) is 3.94. The van der Waals surface area contributed by atoms with Crippen LogP contribution in [0, 0.1) is 5.92 Å². The summed E-state index contributed by atoms with van der Waals surface area (Å²) in [5.74, 6) is -1.33. The number of Topliss-reactive ketones (excluding diaryl/α,β-unsaturated/α-hetero) is 1. The van der Waals surface area contributed by atoms with Crippen molar-refractivity contribution in [2.75, 3.05) is 19.0 Å². The third-order valence-corrected chi connectivity index (χ3v) is 4.71. The van der Waals surface area contributed by atoms with Gasteiger partial charge in [-0.05, 0) is 50.6 Å². The maximum atomic E-state index is 13.2. The minimum Gasteiger partial charge on any atom is -0.460 e. The molecule has 0 fully saturated rings. The zero-order valence-electron chi connectivity index (χ0n) is 19.1. The Morgan fingerprint density at radius 1 is 1.06 bits per heavy atom. The molecule has 0 aliphatic carbocycles. The zero-order chi connectivity index (χ0) is 23.3. The highest BCUT2D eigenvalue weighted by Crippen LogP contribution is 2.27. The van der Waals surface area contributed by atoms with Crippen molar-refractivity contribution >= 4 is 35.3 Å². The number of carbonyl (C=O) groups is 2. The number of ether oxygens (including phenoxy) is 1. The minimum absolute atomic E-state index is 0.0680. The summed E-state index contributed by atoms with van der Waals surface area (Å²) in [6.45, 7) is 5.40. The smallest absolute Gasteiger partial charge is 0.307 e. The van der Waals surface area contributed by atoms with Crippen LogP contribution in [0.2, 0.25) is 0 Å². The Morgan fingerprint density at radius 2 is 1.72 bits per heavy atom. The molecule has 0 bridgehead atoms. The molecule has 0 amide bonds. The zero-order valence-corrected chi connectivity index (χ0v) is 19.1. The summed E-state index contributed by atoms with van der Waals surface area (Å²) in [6.07, 6.45) is 9.96. The number of esters is 1. The second-order valence-electron chi connectivity index (χ2n) is 8.76. The molecule has 0 N–H and O–H groups in total. The molecule has 0 saturated carbocycles. The van der Waals surface area contributed by atoms with Crippen LogP contribution in [0.15, 0.2) is 59.8 Å². The van der Waals surface area contributed by atoms with Gasteiger partial charge in [-0.3, -0.25) is 9.59 Å². The predicted octanol–water partition coefficient (Wildman–Crippen LogP) is 3.97. The fourth-order valence-corrected chi connectivity index (χ4v) is 3.19. The fraction of sp³-hybridized carbons (Fsp3) is 0.320. The Labute approximate surface area is 188 Å². The standard InChI is InChI=1S/C25H28N4O3/c1-25(2,3)32-23(30)13-20-21(11-8-18-14-26-16-27-15-18)28-22(24(20)31)12-17-6-9-19(10-7-17)29(4)5/h6-12,14-16,20H,13H2,1-5H3/b11-8+,22-12-. The minimum atomic E-state index is -0.696. The molecule has 32 heavy (non-hydrogen) atoms. The molecular formula is C25H28N4O3. The number of allylic oxidation sites excluding steroid dienone is 2. The molecule has 7 nitrogen and oxygen atoms in total. The van der Waals surface area contributed by atoms with Crippen LogP contribution in [0.3, 0.4) is 0 Å². The number of hydrogen-bond donors (Lipinski definition) is 0. The van der Waals surface area contributed by atoms with Gasteiger partial charge in [-0.1, -0.05) is 18.2 Å². The molecule has 1 aromatic carbocycles. The average molecular weight is 433 g/mol. The van der Waals surface area contributed by atoms with Crippen molar-refractivity contribution in [3.63, 3.8) is 0 Å². The van der Waals surface area contributed by atoms with Gasteiger partial charge in [0.05, 0.1) is 18.1 Å². The molecule has 0 saturated heterocycles. The lowest BCUT2D eigenvalue weighted by atomic mass is 9.94. The number of ketones is 1. The highest BCUT2D eigenvalue weighted by molar-refractivity contribution is 6.24. The van der Waals surface area contributed by atoms with E-state index in [1.807, 2.05) is 43.3 Å². The third kappa shape index (κ3) is 6.20. The molecule has 7 heteroatoms. The molecule has 3 rings (SSSR count). The van der Waals surface area contributed by atoms with Gasteiger partial charge in [0.25, 0.3) is 0 Å². The second kappa shape index (κ2) is 9.68. The van der Waals surface area contributed by atoms with Gasteiger partial charge < -0.3 is 9.64 Å². The Hall–Kier alpha value is -3.61. The molecule has 2 aromatic rings. The van der Waals surface area contributed by atoms with Gasteiger partial charge in [-0.25, -0.2) is 15.0 Å². The van der Waals surface area contributed by atoms with Crippen molar-refractivity contribution in [1.82, 2.24) is 9.97 Å². The molecule has 1 aliphatic heterocycles. The summed E-state index contributed by atoms with van der Waals surface area (Å²) in [6, 6.07) is 7.82. The van der Waals surface area contributed by atoms with Crippen molar-refractivity contribution in [1.29, 1.82) is 0 Å². The quantitative estimate of drug-likeness (QED) is 0.507. The lowest BCUT2D eigenvalue weighted by molar-refractivity contribution is -0.156. The highest BCUT2D eigenvalue weighted by atomic mass is 16.6. The highest BCUT2D eigenvalue weighted by Gasteiger charge is 2.35. The van der Waals surface area contributed by atoms with Crippen LogP contribution in [0.25, 0.3) is 12.2 Å². The lowest BCUT2D eigenvalue weighted by Gasteiger charge is -2.20. The normalized spacial score (nSPS) is 17.7. The number of carbonyl (C=O) groups excluding carboxylic acids is 2. The molecule has 2 heterocycles. The number of nitrogens with zero attached hydrogens (tertiary/aromatic N) is 4. The van der Waals surface area contributed by atoms with E-state index in [1.165, 1.54) is 6.33 Å². The molecule has 1 aromatic heterocycles. The number of aromatic nitrogens is 2. The van der Waals surface area contributed by atoms with Gasteiger partial charge in [-0.15, -0.1) is 0 Å². The van der Waals surface area contributed by atoms with Gasteiger partial charge in [0, 0.05) is 37.7 Å². The first-order chi connectivity index (χ1) is 15.1. The molecule has 1 atom stereocenters. The molecule has 1 aliphatic rings. The molecular weight excluding hydrogens is 404 g/mol. The molecule has 166 valence electrons. The number of rotatable bonds is 6. The number of hydrogen-bond acceptors (Lipinski definition) is 7. The van der Waals surface area contributed by atoms with Crippen molar-refractivity contribution < 1.29 is 14.3 Å². The van der Waals surface area contributed by atoms with E-state index in [9.17, 15) is 9.59 Å². The number of anilines is 1. The molecule has 1 unspecified atom stereocenters. The summed E-state index contributed by atoms with van der Waals surface area (Å²) in [5, 5.41) is 0. The van der Waals surface area contributed by atoms with Crippen LogP contribution < -0.4 is 4.90 Å². The third-order valence-electron chi connectivity index (χ3n) is 4.71. The largest absolute Gasteiger partial charge is 0.460 e. The van der Waals surface area contributed by atoms with E-state index in [1.54, 1.807) is 51.4 Å². The van der Waals surface area contributed by atoms with Crippen LogP contribution in [-0.4, -0.2) is 47.1 Å². The van der Waals surface area contributed by atoms with Crippen LogP contribution in [0.1, 0.15) is 38.3 Å². The van der Waals surface area contributed by atoms with E-state index in [0.717, 1.165) is 16.8 Å². The first kappa shape index (κ1) is 23.1. The molecule has 0 radical (unpaired) electrons. The Bertz CT molecular complexity index is 1060. The monoisotopic (exact) mass is 432 g/mol. The second-order valence-corrected chi connectivity index (χ2v) is 8.76. The average Bonchev–Trinajstić information content (AvgIpc) is 3.01. The summed E-state index contributed by atoms with van der Waals surface area (Å²) < 4.78 is 5.43. The van der Waals surface area contributed by atoms with Crippen molar-refractivity contribution in [2.45, 2.75) is 32.8 Å². The first-order valence-electron chi connectivity index (χ1n) is 10.4. The van der Waals surface area contributed by atoms with E-state index < -0.39 is 17.5 Å². The number of benzene rings is 1. The van der Waals surface area contributed by atoms with Crippen molar-refractivity contribution in [3.8, 4) is 0 Å². The van der Waals surface area contributed by atoms with Crippen LogP contribution in [0.5, 0.6) is 0 Å². The van der Waals surface area contributed by atoms with Gasteiger partial charge in [0.2, 0.25) is 0 Å². The predicted molar refractivity (Wildman–Crippen MR) is 126 cm³/mol. The van der Waals surface area contributed by atoms with Gasteiger partial charge in [0.15, 0.2) is 5.78 Å². The van der Waals surface area contributed by atoms with Crippen molar-refractivity contribution in [2.24, 2.45) is 10.9 Å². The van der Waals surface area contributed by atoms with E-state index in [0.29, 0.717) is 11.4 Å². The lowest BCUT2D eigenvalue weighted by Crippen LogP contribution is -2.28. The topological polar surface area (TPSA) is 84.8 Å². The summed E-state index contributed by atoms with van der Waals surface area (Å²) >= 11 is 0. The van der Waals surface area contributed by atoms with Crippen molar-refractivity contribution in [3.05, 3.63) is 65.9 Å². The van der Waals surface area contributed by atoms with E-state index in [4.69, 9.17) is 4.74 Å². The summed E-state index contributed by atoms with van der Waals surface area (Å²) in [5.41, 5.74) is 2.90. The van der Waals surface area contributed by atoms with Crippen LogP contribution >= 0.6 is 0 Å². The number of aliphatic imine (C=N–C) groups is 1. The SMILES string of the molecule is CN(C)c1ccc(/C=C2N=C(/C=C/c3cncnc3)C(CC(=O)OC(C)(C)C)C\2=O)cc1. The van der Waals surface area contributed by atoms with Gasteiger partial charge >= 0.3 is 5.97 Å². The summed E-state index contributed by atoms with van der Waals surface area (Å²) in [4.78, 5) is 40.1. The van der Waals surface area contributed by atoms with Gasteiger partial charge in [0.1, 0.15) is 17.6 Å². The van der Waals surface area contributed by atoms with E-state index in [-0.39, 0.29) is 12.2 Å². The van der Waals surface area contributed by atoms with E-state index >= 15 is 0 Å². The fourth-order valence-electron chi connectivity index (χ4n) is 3.19. The van der Waals surface area contributed by atoms with Crippen LogP contribution in [0.4, 0.5) is 5.69 Å².